The lowest BCUT2D eigenvalue weighted by atomic mass is 9.99. The van der Waals surface area contributed by atoms with Crippen LogP contribution in [0.3, 0.4) is 0 Å². The summed E-state index contributed by atoms with van der Waals surface area (Å²) < 4.78 is 11.0. The molecule has 108 valence electrons. The highest BCUT2D eigenvalue weighted by Crippen LogP contribution is 2.19. The van der Waals surface area contributed by atoms with Gasteiger partial charge in [0.15, 0.2) is 0 Å². The Hall–Kier alpha value is -0.900. The van der Waals surface area contributed by atoms with Gasteiger partial charge >= 0.3 is 0 Å². The van der Waals surface area contributed by atoms with Gasteiger partial charge in [-0.3, -0.25) is 0 Å². The normalized spacial score (nSPS) is 12.6. The summed E-state index contributed by atoms with van der Waals surface area (Å²) in [7, 11) is 0. The highest BCUT2D eigenvalue weighted by Gasteiger charge is 2.13. The Labute approximate surface area is 117 Å². The number of likely N-dealkylation sites (N-methyl/N-ethyl adjacent to an activating group) is 1. The molecule has 19 heavy (non-hydrogen) atoms. The molecule has 0 bridgehead atoms. The molecule has 0 saturated carbocycles. The van der Waals surface area contributed by atoms with Crippen LogP contribution in [0.4, 0.5) is 0 Å². The number of rotatable bonds is 9. The van der Waals surface area contributed by atoms with Gasteiger partial charge in [0, 0.05) is 6.61 Å². The van der Waals surface area contributed by atoms with Crippen molar-refractivity contribution in [3.63, 3.8) is 0 Å². The molecule has 3 nitrogen and oxygen atoms in total. The van der Waals surface area contributed by atoms with Crippen LogP contribution in [0.2, 0.25) is 0 Å². The van der Waals surface area contributed by atoms with Crippen molar-refractivity contribution in [2.24, 2.45) is 0 Å². The minimum atomic E-state index is 0.256. The number of aryl methyl sites for hydroxylation is 2. The Bertz CT molecular complexity index is 366. The second-order valence-corrected chi connectivity index (χ2v) is 4.74. The fraction of sp³-hybridized carbons (Fsp3) is 0.625. The van der Waals surface area contributed by atoms with E-state index in [0.717, 1.165) is 13.2 Å². The van der Waals surface area contributed by atoms with Gasteiger partial charge in [-0.25, -0.2) is 0 Å². The topological polar surface area (TPSA) is 30.5 Å². The SMILES string of the molecule is CCNC(COCCOCC)c1cc(C)ccc1C. The largest absolute Gasteiger partial charge is 0.379 e. The minimum absolute atomic E-state index is 0.256. The van der Waals surface area contributed by atoms with Gasteiger partial charge in [0.25, 0.3) is 0 Å². The van der Waals surface area contributed by atoms with E-state index in [-0.39, 0.29) is 6.04 Å². The molecule has 0 aromatic heterocycles. The third-order valence-corrected chi connectivity index (χ3v) is 3.12. The van der Waals surface area contributed by atoms with Gasteiger partial charge in [0.2, 0.25) is 0 Å². The summed E-state index contributed by atoms with van der Waals surface area (Å²) in [5.41, 5.74) is 3.93. The van der Waals surface area contributed by atoms with Crippen molar-refractivity contribution in [1.29, 1.82) is 0 Å². The average Bonchev–Trinajstić information content (AvgIpc) is 2.40. The molecule has 0 aliphatic carbocycles. The Morgan fingerprint density at radius 2 is 1.84 bits per heavy atom. The molecule has 0 saturated heterocycles. The molecule has 0 fully saturated rings. The van der Waals surface area contributed by atoms with Crippen LogP contribution in [0.1, 0.15) is 36.6 Å². The fourth-order valence-corrected chi connectivity index (χ4v) is 2.10. The zero-order valence-corrected chi connectivity index (χ0v) is 12.7. The van der Waals surface area contributed by atoms with E-state index in [9.17, 15) is 0 Å². The quantitative estimate of drug-likeness (QED) is 0.696. The molecule has 1 atom stereocenters. The standard InChI is InChI=1S/C16H27NO2/c1-5-17-16(12-19-10-9-18-6-2)15-11-13(3)7-8-14(15)4/h7-8,11,16-17H,5-6,9-10,12H2,1-4H3. The van der Waals surface area contributed by atoms with E-state index in [1.807, 2.05) is 6.92 Å². The Morgan fingerprint density at radius 3 is 2.53 bits per heavy atom. The summed E-state index contributed by atoms with van der Waals surface area (Å²) in [6, 6.07) is 6.83. The average molecular weight is 265 g/mol. The van der Waals surface area contributed by atoms with Crippen molar-refractivity contribution >= 4 is 0 Å². The highest BCUT2D eigenvalue weighted by atomic mass is 16.5. The summed E-state index contributed by atoms with van der Waals surface area (Å²) in [6.07, 6.45) is 0. The van der Waals surface area contributed by atoms with Crippen molar-refractivity contribution < 1.29 is 9.47 Å². The summed E-state index contributed by atoms with van der Waals surface area (Å²) in [5.74, 6) is 0. The molecule has 0 radical (unpaired) electrons. The van der Waals surface area contributed by atoms with Crippen LogP contribution in [0.15, 0.2) is 18.2 Å². The minimum Gasteiger partial charge on any atom is -0.379 e. The third-order valence-electron chi connectivity index (χ3n) is 3.12. The van der Waals surface area contributed by atoms with Crippen molar-refractivity contribution in [2.75, 3.05) is 33.0 Å². The lowest BCUT2D eigenvalue weighted by molar-refractivity contribution is 0.0434. The van der Waals surface area contributed by atoms with E-state index in [0.29, 0.717) is 19.8 Å². The molecule has 0 heterocycles. The van der Waals surface area contributed by atoms with Crippen LogP contribution >= 0.6 is 0 Å². The molecular weight excluding hydrogens is 238 g/mol. The monoisotopic (exact) mass is 265 g/mol. The summed E-state index contributed by atoms with van der Waals surface area (Å²) >= 11 is 0. The van der Waals surface area contributed by atoms with Crippen LogP contribution in [0.5, 0.6) is 0 Å². The Balaban J connectivity index is 2.58. The van der Waals surface area contributed by atoms with E-state index in [1.54, 1.807) is 0 Å². The second-order valence-electron chi connectivity index (χ2n) is 4.74. The number of hydrogen-bond acceptors (Lipinski definition) is 3. The fourth-order valence-electron chi connectivity index (χ4n) is 2.10. The summed E-state index contributed by atoms with van der Waals surface area (Å²) in [5, 5.41) is 3.49. The van der Waals surface area contributed by atoms with Gasteiger partial charge in [-0.2, -0.15) is 0 Å². The maximum Gasteiger partial charge on any atom is 0.0701 e. The first kappa shape index (κ1) is 16.2. The van der Waals surface area contributed by atoms with Gasteiger partial charge in [0.05, 0.1) is 25.9 Å². The van der Waals surface area contributed by atoms with Crippen LogP contribution in [0, 0.1) is 13.8 Å². The lowest BCUT2D eigenvalue weighted by Gasteiger charge is -2.21. The lowest BCUT2D eigenvalue weighted by Crippen LogP contribution is -2.26. The maximum absolute atomic E-state index is 5.71. The van der Waals surface area contributed by atoms with E-state index in [1.165, 1.54) is 16.7 Å². The zero-order chi connectivity index (χ0) is 14.1. The third kappa shape index (κ3) is 5.72. The van der Waals surface area contributed by atoms with Gasteiger partial charge in [0.1, 0.15) is 0 Å². The summed E-state index contributed by atoms with van der Waals surface area (Å²) in [6.45, 7) is 12.1. The van der Waals surface area contributed by atoms with Crippen molar-refractivity contribution in [1.82, 2.24) is 5.32 Å². The van der Waals surface area contributed by atoms with E-state index >= 15 is 0 Å². The van der Waals surface area contributed by atoms with Crippen LogP contribution in [0.25, 0.3) is 0 Å². The van der Waals surface area contributed by atoms with Crippen LogP contribution in [-0.2, 0) is 9.47 Å². The molecule has 0 aliphatic heterocycles. The molecule has 0 amide bonds. The van der Waals surface area contributed by atoms with E-state index in [4.69, 9.17) is 9.47 Å². The number of ether oxygens (including phenoxy) is 2. The maximum atomic E-state index is 5.71. The molecule has 0 aliphatic rings. The van der Waals surface area contributed by atoms with E-state index in [2.05, 4.69) is 44.3 Å². The van der Waals surface area contributed by atoms with Crippen LogP contribution in [-0.4, -0.2) is 33.0 Å². The Morgan fingerprint density at radius 1 is 1.11 bits per heavy atom. The van der Waals surface area contributed by atoms with Gasteiger partial charge < -0.3 is 14.8 Å². The van der Waals surface area contributed by atoms with Crippen LogP contribution < -0.4 is 5.32 Å². The smallest absolute Gasteiger partial charge is 0.0701 e. The second kappa shape index (κ2) is 9.08. The van der Waals surface area contributed by atoms with Crippen molar-refractivity contribution in [3.05, 3.63) is 34.9 Å². The van der Waals surface area contributed by atoms with E-state index < -0.39 is 0 Å². The molecule has 0 spiro atoms. The molecule has 1 rings (SSSR count). The number of hydrogen-bond donors (Lipinski definition) is 1. The predicted octanol–water partition coefficient (Wildman–Crippen LogP) is 3.01. The summed E-state index contributed by atoms with van der Waals surface area (Å²) in [4.78, 5) is 0. The first-order chi connectivity index (χ1) is 9.19. The van der Waals surface area contributed by atoms with Crippen molar-refractivity contribution in [2.45, 2.75) is 33.7 Å². The van der Waals surface area contributed by atoms with Gasteiger partial charge in [-0.05, 0) is 38.4 Å². The molecule has 1 N–H and O–H groups in total. The zero-order valence-electron chi connectivity index (χ0n) is 12.7. The first-order valence-corrected chi connectivity index (χ1v) is 7.15. The molecule has 1 aromatic rings. The molecule has 3 heteroatoms. The number of benzene rings is 1. The highest BCUT2D eigenvalue weighted by molar-refractivity contribution is 5.33. The van der Waals surface area contributed by atoms with Gasteiger partial charge in [-0.15, -0.1) is 0 Å². The molecule has 1 aromatic carbocycles. The predicted molar refractivity (Wildman–Crippen MR) is 79.6 cm³/mol. The number of nitrogens with one attached hydrogen (secondary N) is 1. The first-order valence-electron chi connectivity index (χ1n) is 7.15. The van der Waals surface area contributed by atoms with Gasteiger partial charge in [-0.1, -0.05) is 30.7 Å². The van der Waals surface area contributed by atoms with Crippen molar-refractivity contribution in [3.8, 4) is 0 Å². The Kier molecular flexibility index (Phi) is 7.72. The molecule has 1 unspecified atom stereocenters. The molecular formula is C16H27NO2.